The topological polar surface area (TPSA) is 99.4 Å². The molecular formula is C28H21ClF2N4O4S. The maximum Gasteiger partial charge on any atom is 0.335 e. The minimum absolute atomic E-state index is 0.000820. The van der Waals surface area contributed by atoms with Crippen molar-refractivity contribution in [3.63, 3.8) is 0 Å². The van der Waals surface area contributed by atoms with Crippen LogP contribution in [0.2, 0.25) is 4.47 Å². The average molecular weight is 583 g/mol. The lowest BCUT2D eigenvalue weighted by Crippen LogP contribution is -2.31. The van der Waals surface area contributed by atoms with Crippen molar-refractivity contribution in [1.29, 1.82) is 0 Å². The first-order chi connectivity index (χ1) is 19.3. The first-order valence-electron chi connectivity index (χ1n) is 12.4. The molecule has 5 aromatic rings. The Balaban J connectivity index is 1.28. The van der Waals surface area contributed by atoms with Crippen LogP contribution in [-0.2, 0) is 24.3 Å². The van der Waals surface area contributed by atoms with Crippen molar-refractivity contribution in [2.75, 3.05) is 6.61 Å². The molecule has 12 heteroatoms. The molecule has 0 bridgehead atoms. The normalized spacial score (nSPS) is 14.8. The van der Waals surface area contributed by atoms with E-state index in [4.69, 9.17) is 21.1 Å². The lowest BCUT2D eigenvalue weighted by atomic mass is 10.0. The van der Waals surface area contributed by atoms with Crippen molar-refractivity contribution in [3.8, 4) is 17.1 Å². The van der Waals surface area contributed by atoms with Gasteiger partial charge in [-0.05, 0) is 48.4 Å². The molecule has 8 nitrogen and oxygen atoms in total. The molecule has 1 atom stereocenters. The van der Waals surface area contributed by atoms with Gasteiger partial charge in [0.25, 0.3) is 0 Å². The van der Waals surface area contributed by atoms with Gasteiger partial charge in [-0.2, -0.15) is 0 Å². The molecule has 0 saturated carbocycles. The summed E-state index contributed by atoms with van der Waals surface area (Å²) < 4.78 is 44.2. The number of benzene rings is 2. The van der Waals surface area contributed by atoms with Gasteiger partial charge in [-0.3, -0.25) is 0 Å². The van der Waals surface area contributed by atoms with Gasteiger partial charge in [0, 0.05) is 30.9 Å². The summed E-state index contributed by atoms with van der Waals surface area (Å²) in [6.07, 6.45) is 2.40. The highest BCUT2D eigenvalue weighted by Gasteiger charge is 2.23. The van der Waals surface area contributed by atoms with E-state index < -0.39 is 17.6 Å². The number of thiazole rings is 1. The van der Waals surface area contributed by atoms with Gasteiger partial charge in [-0.1, -0.05) is 17.7 Å². The molecule has 0 radical (unpaired) electrons. The monoisotopic (exact) mass is 582 g/mol. The molecule has 0 amide bonds. The first-order valence-corrected chi connectivity index (χ1v) is 13.6. The summed E-state index contributed by atoms with van der Waals surface area (Å²) in [7, 11) is 0. The molecule has 0 unspecified atom stereocenters. The van der Waals surface area contributed by atoms with E-state index in [0.29, 0.717) is 34.5 Å². The Morgan fingerprint density at radius 2 is 2.02 bits per heavy atom. The number of hydrogen-bond acceptors (Lipinski definition) is 7. The Kier molecular flexibility index (Phi) is 7.18. The number of carboxylic acid groups (broad SMARTS) is 1. The van der Waals surface area contributed by atoms with Crippen molar-refractivity contribution >= 4 is 39.9 Å². The number of halogens is 3. The summed E-state index contributed by atoms with van der Waals surface area (Å²) >= 11 is 7.13. The predicted octanol–water partition coefficient (Wildman–Crippen LogP) is 6.14. The second-order valence-electron chi connectivity index (χ2n) is 9.26. The second-order valence-corrected chi connectivity index (χ2v) is 11.0. The number of ether oxygens (including phenoxy) is 2. The third-order valence-corrected chi connectivity index (χ3v) is 7.71. The maximum atomic E-state index is 15.4. The number of aromatic carboxylic acids is 1. The smallest absolute Gasteiger partial charge is 0.335 e. The number of aromatic nitrogens is 4. The molecule has 1 saturated heterocycles. The van der Waals surface area contributed by atoms with Gasteiger partial charge >= 0.3 is 5.97 Å². The summed E-state index contributed by atoms with van der Waals surface area (Å²) in [6.45, 7) is 1.27. The Morgan fingerprint density at radius 3 is 2.75 bits per heavy atom. The first kappa shape index (κ1) is 26.3. The Hall–Kier alpha value is -3.93. The molecule has 4 heterocycles. The van der Waals surface area contributed by atoms with E-state index in [9.17, 15) is 9.90 Å². The van der Waals surface area contributed by atoms with Gasteiger partial charge in [0.05, 0.1) is 39.8 Å². The highest BCUT2D eigenvalue weighted by atomic mass is 35.5. The van der Waals surface area contributed by atoms with Crippen LogP contribution in [-0.4, -0.2) is 43.3 Å². The largest absolute Gasteiger partial charge is 0.478 e. The highest BCUT2D eigenvalue weighted by molar-refractivity contribution is 7.15. The fourth-order valence-electron chi connectivity index (χ4n) is 4.51. The molecule has 0 spiro atoms. The molecule has 204 valence electrons. The van der Waals surface area contributed by atoms with E-state index in [1.165, 1.54) is 23.5 Å². The fourth-order valence-corrected chi connectivity index (χ4v) is 5.40. The van der Waals surface area contributed by atoms with Crippen molar-refractivity contribution in [2.45, 2.75) is 32.1 Å². The molecule has 1 aliphatic heterocycles. The number of carboxylic acids is 1. The molecule has 3 aromatic heterocycles. The number of imidazole rings is 1. The zero-order valence-electron chi connectivity index (χ0n) is 20.8. The summed E-state index contributed by atoms with van der Waals surface area (Å²) in [4.78, 5) is 25.2. The molecule has 2 aromatic carbocycles. The van der Waals surface area contributed by atoms with Crippen molar-refractivity contribution in [2.24, 2.45) is 0 Å². The SMILES string of the molecule is O=C(O)c1ccc2nc(Cc3cc(F)c(-c4cccc(OCc5cnc(Cl)s5)n4)cc3F)n(C[C@@H]3CCO3)c2c1. The van der Waals surface area contributed by atoms with E-state index in [2.05, 4.69) is 15.0 Å². The third-order valence-electron chi connectivity index (χ3n) is 6.63. The third kappa shape index (κ3) is 5.40. The zero-order valence-corrected chi connectivity index (χ0v) is 22.4. The molecule has 1 aliphatic rings. The van der Waals surface area contributed by atoms with Crippen LogP contribution < -0.4 is 4.74 Å². The molecular weight excluding hydrogens is 562 g/mol. The number of hydrogen-bond donors (Lipinski definition) is 1. The zero-order chi connectivity index (χ0) is 27.8. The van der Waals surface area contributed by atoms with Gasteiger partial charge < -0.3 is 19.1 Å². The fraction of sp³-hybridized carbons (Fsp3) is 0.214. The summed E-state index contributed by atoms with van der Waals surface area (Å²) in [5.74, 6) is -1.59. The molecule has 40 heavy (non-hydrogen) atoms. The van der Waals surface area contributed by atoms with Gasteiger partial charge in [-0.25, -0.2) is 28.5 Å². The van der Waals surface area contributed by atoms with Crippen molar-refractivity contribution < 1.29 is 28.2 Å². The van der Waals surface area contributed by atoms with Gasteiger partial charge in [0.1, 0.15) is 24.1 Å². The van der Waals surface area contributed by atoms with Crippen LogP contribution in [0.15, 0.2) is 54.7 Å². The van der Waals surface area contributed by atoms with E-state index in [-0.39, 0.29) is 47.4 Å². The van der Waals surface area contributed by atoms with Crippen LogP contribution in [0.1, 0.15) is 33.0 Å². The summed E-state index contributed by atoms with van der Waals surface area (Å²) in [5.41, 5.74) is 1.61. The number of nitrogens with zero attached hydrogens (tertiary/aromatic N) is 4. The summed E-state index contributed by atoms with van der Waals surface area (Å²) in [5, 5.41) is 9.44. The predicted molar refractivity (Wildman–Crippen MR) is 145 cm³/mol. The van der Waals surface area contributed by atoms with Crippen molar-refractivity contribution in [3.05, 3.63) is 92.7 Å². The van der Waals surface area contributed by atoms with Crippen LogP contribution in [0.4, 0.5) is 8.78 Å². The van der Waals surface area contributed by atoms with E-state index in [1.54, 1.807) is 30.5 Å². The van der Waals surface area contributed by atoms with Crippen LogP contribution >= 0.6 is 22.9 Å². The number of pyridine rings is 1. The highest BCUT2D eigenvalue weighted by Crippen LogP contribution is 2.29. The summed E-state index contributed by atoms with van der Waals surface area (Å²) in [6, 6.07) is 11.7. The van der Waals surface area contributed by atoms with Gasteiger partial charge in [0.2, 0.25) is 5.88 Å². The van der Waals surface area contributed by atoms with Crippen LogP contribution in [0, 0.1) is 11.6 Å². The lowest BCUT2D eigenvalue weighted by molar-refractivity contribution is -0.0589. The second kappa shape index (κ2) is 10.9. The Bertz CT molecular complexity index is 1740. The Morgan fingerprint density at radius 1 is 1.18 bits per heavy atom. The number of carbonyl (C=O) groups is 1. The number of fused-ring (bicyclic) bond motifs is 1. The molecule has 1 fully saturated rings. The molecule has 0 aliphatic carbocycles. The van der Waals surface area contributed by atoms with Crippen molar-refractivity contribution in [1.82, 2.24) is 19.5 Å². The molecule has 1 N–H and O–H groups in total. The van der Waals surface area contributed by atoms with E-state index in [0.717, 1.165) is 23.4 Å². The van der Waals surface area contributed by atoms with E-state index in [1.807, 2.05) is 4.57 Å². The quantitative estimate of drug-likeness (QED) is 0.223. The van der Waals surface area contributed by atoms with Crippen LogP contribution in [0.3, 0.4) is 0 Å². The van der Waals surface area contributed by atoms with Crippen LogP contribution in [0.5, 0.6) is 5.88 Å². The number of rotatable bonds is 9. The average Bonchev–Trinajstić information content (AvgIpc) is 3.49. The van der Waals surface area contributed by atoms with Gasteiger partial charge in [-0.15, -0.1) is 11.3 Å². The minimum Gasteiger partial charge on any atom is -0.478 e. The lowest BCUT2D eigenvalue weighted by Gasteiger charge is -2.27. The molecule has 6 rings (SSSR count). The van der Waals surface area contributed by atoms with Crippen LogP contribution in [0.25, 0.3) is 22.3 Å². The maximum absolute atomic E-state index is 15.4. The van der Waals surface area contributed by atoms with Gasteiger partial charge in [0.15, 0.2) is 4.47 Å². The van der Waals surface area contributed by atoms with E-state index >= 15 is 8.78 Å². The minimum atomic E-state index is -1.06. The standard InChI is InChI=1S/C28H21ClF2N4O4S/c29-28-32-12-18(40-28)14-39-26-3-1-2-22(34-26)19-11-20(30)16(8-21(19)31)10-25-33-23-5-4-15(27(36)37)9-24(23)35(25)13-17-6-7-38-17/h1-5,8-9,11-12,17H,6-7,10,13-14H2,(H,36,37)/t17-/m0/s1. The Labute approximate surface area is 235 Å².